The van der Waals surface area contributed by atoms with Crippen molar-refractivity contribution in [2.45, 2.75) is 33.1 Å². The van der Waals surface area contributed by atoms with Gasteiger partial charge in [0.2, 0.25) is 0 Å². The summed E-state index contributed by atoms with van der Waals surface area (Å²) in [4.78, 5) is 28.9. The number of pyridine rings is 1. The minimum absolute atomic E-state index is 0.113. The minimum atomic E-state index is 0.113. The van der Waals surface area contributed by atoms with E-state index in [1.54, 1.807) is 24.8 Å². The van der Waals surface area contributed by atoms with E-state index in [2.05, 4.69) is 65.3 Å². The summed E-state index contributed by atoms with van der Waals surface area (Å²) in [6.45, 7) is 5.01. The Morgan fingerprint density at radius 3 is 2.40 bits per heavy atom. The maximum atomic E-state index is 13.0. The Morgan fingerprint density at radius 2 is 1.65 bits per heavy atom. The second kappa shape index (κ2) is 12.1. The fraction of sp³-hybridized carbons (Fsp3) is 0.242. The lowest BCUT2D eigenvalue weighted by molar-refractivity contribution is 0.0993. The quantitative estimate of drug-likeness (QED) is 0.207. The van der Waals surface area contributed by atoms with Crippen LogP contribution in [0.4, 0.5) is 0 Å². The molecule has 0 fully saturated rings. The number of likely N-dealkylation sites (N-methyl/N-ethyl adjacent to an activating group) is 1. The third-order valence-corrected chi connectivity index (χ3v) is 7.00. The first-order valence-electron chi connectivity index (χ1n) is 13.4. The average molecular weight is 532 g/mol. The van der Waals surface area contributed by atoms with E-state index in [0.717, 1.165) is 57.6 Å². The Labute approximate surface area is 234 Å². The van der Waals surface area contributed by atoms with Gasteiger partial charge >= 0.3 is 0 Å². The van der Waals surface area contributed by atoms with Crippen LogP contribution in [-0.4, -0.2) is 51.4 Å². The van der Waals surface area contributed by atoms with Crippen LogP contribution in [0.3, 0.4) is 0 Å². The second-order valence-corrected chi connectivity index (χ2v) is 10.4. The van der Waals surface area contributed by atoms with E-state index in [1.165, 1.54) is 5.56 Å². The number of rotatable bonds is 10. The number of aryl methyl sites for hydroxylation is 2. The van der Waals surface area contributed by atoms with Gasteiger partial charge in [0.05, 0.1) is 11.9 Å². The zero-order valence-electron chi connectivity index (χ0n) is 23.4. The van der Waals surface area contributed by atoms with Crippen molar-refractivity contribution < 1.29 is 9.32 Å². The van der Waals surface area contributed by atoms with E-state index in [4.69, 9.17) is 9.51 Å². The first kappa shape index (κ1) is 27.1. The van der Waals surface area contributed by atoms with Gasteiger partial charge in [-0.05, 0) is 68.8 Å². The molecule has 0 N–H and O–H groups in total. The number of carbonyl (C=O) groups excluding carboxylic acids is 1. The van der Waals surface area contributed by atoms with Gasteiger partial charge in [-0.25, -0.2) is 9.97 Å². The molecule has 3 aromatic heterocycles. The van der Waals surface area contributed by atoms with Gasteiger partial charge in [-0.2, -0.15) is 0 Å². The van der Waals surface area contributed by atoms with Crippen molar-refractivity contribution in [1.29, 1.82) is 0 Å². The fourth-order valence-electron chi connectivity index (χ4n) is 4.61. The minimum Gasteiger partial charge on any atom is -0.356 e. The van der Waals surface area contributed by atoms with E-state index in [9.17, 15) is 4.79 Å². The van der Waals surface area contributed by atoms with Crippen LogP contribution in [0.1, 0.15) is 44.0 Å². The molecule has 0 atom stereocenters. The Kier molecular flexibility index (Phi) is 8.22. The van der Waals surface area contributed by atoms with E-state index < -0.39 is 0 Å². The van der Waals surface area contributed by atoms with Gasteiger partial charge in [0.15, 0.2) is 11.5 Å². The average Bonchev–Trinajstić information content (AvgIpc) is 3.40. The van der Waals surface area contributed by atoms with Crippen molar-refractivity contribution in [2.75, 3.05) is 20.6 Å². The van der Waals surface area contributed by atoms with Crippen LogP contribution >= 0.6 is 0 Å². The molecule has 0 saturated heterocycles. The maximum Gasteiger partial charge on any atom is 0.171 e. The largest absolute Gasteiger partial charge is 0.356 e. The molecule has 0 unspecified atom stereocenters. The molecule has 0 spiro atoms. The summed E-state index contributed by atoms with van der Waals surface area (Å²) in [5.74, 6) is 1.52. The molecule has 5 aromatic rings. The summed E-state index contributed by atoms with van der Waals surface area (Å²) in [6, 6.07) is 18.1. The Morgan fingerprint density at radius 1 is 0.875 bits per heavy atom. The van der Waals surface area contributed by atoms with Gasteiger partial charge in [-0.3, -0.25) is 9.78 Å². The molecule has 7 nitrogen and oxygen atoms in total. The normalized spacial score (nSPS) is 11.2. The summed E-state index contributed by atoms with van der Waals surface area (Å²) < 4.78 is 5.40. The Hall–Kier alpha value is -4.49. The number of Topliss-reactive ketones (excluding diaryl/α,β-unsaturated/α-hetero) is 1. The lowest BCUT2D eigenvalue weighted by Crippen LogP contribution is -2.15. The van der Waals surface area contributed by atoms with Crippen LogP contribution in [-0.2, 0) is 19.3 Å². The van der Waals surface area contributed by atoms with Gasteiger partial charge in [0, 0.05) is 60.2 Å². The molecule has 0 saturated carbocycles. The lowest BCUT2D eigenvalue weighted by Gasteiger charge is -2.11. The highest BCUT2D eigenvalue weighted by atomic mass is 16.5. The number of carbonyl (C=O) groups is 1. The van der Waals surface area contributed by atoms with Gasteiger partial charge in [0.1, 0.15) is 5.82 Å². The Bertz CT molecular complexity index is 1620. The summed E-state index contributed by atoms with van der Waals surface area (Å²) >= 11 is 0. The summed E-state index contributed by atoms with van der Waals surface area (Å²) in [5.41, 5.74) is 8.67. The topological polar surface area (TPSA) is 85.0 Å². The van der Waals surface area contributed by atoms with E-state index in [1.807, 2.05) is 37.3 Å². The van der Waals surface area contributed by atoms with Crippen molar-refractivity contribution >= 4 is 5.78 Å². The van der Waals surface area contributed by atoms with E-state index in [0.29, 0.717) is 24.4 Å². The molecule has 0 aliphatic rings. The third-order valence-electron chi connectivity index (χ3n) is 7.00. The van der Waals surface area contributed by atoms with Gasteiger partial charge in [-0.1, -0.05) is 47.6 Å². The monoisotopic (exact) mass is 531 g/mol. The fourth-order valence-corrected chi connectivity index (χ4v) is 4.61. The predicted molar refractivity (Wildman–Crippen MR) is 156 cm³/mol. The summed E-state index contributed by atoms with van der Waals surface area (Å²) in [6.07, 6.45) is 8.89. The zero-order chi connectivity index (χ0) is 28.1. The number of nitrogens with zero attached hydrogens (tertiary/aromatic N) is 5. The number of hydrogen-bond acceptors (Lipinski definition) is 7. The molecule has 0 bridgehead atoms. The second-order valence-electron chi connectivity index (χ2n) is 10.4. The van der Waals surface area contributed by atoms with Gasteiger partial charge in [0.25, 0.3) is 0 Å². The number of aromatic nitrogens is 4. The van der Waals surface area contributed by atoms with Crippen molar-refractivity contribution in [3.63, 3.8) is 0 Å². The van der Waals surface area contributed by atoms with Crippen molar-refractivity contribution in [2.24, 2.45) is 0 Å². The standard InChI is InChI=1S/C33H33N5O2/c1-22-5-6-25(16-31(39)26-9-7-24(8-10-26)12-14-38(3)4)15-27(22)18-32-35-13-11-30(37-32)28-17-29(21-34-20-28)33-23(2)19-36-40-33/h5-11,13,15,17,19-21H,12,14,16,18H2,1-4H3. The molecule has 40 heavy (non-hydrogen) atoms. The maximum absolute atomic E-state index is 13.0. The zero-order valence-corrected chi connectivity index (χ0v) is 23.4. The highest BCUT2D eigenvalue weighted by molar-refractivity contribution is 5.97. The molecule has 0 amide bonds. The van der Waals surface area contributed by atoms with Crippen LogP contribution in [0, 0.1) is 13.8 Å². The van der Waals surface area contributed by atoms with E-state index >= 15 is 0 Å². The highest BCUT2D eigenvalue weighted by Crippen LogP contribution is 2.26. The van der Waals surface area contributed by atoms with Crippen LogP contribution in [0.15, 0.2) is 83.9 Å². The molecule has 0 aliphatic heterocycles. The molecule has 202 valence electrons. The number of hydrogen-bond donors (Lipinski definition) is 0. The predicted octanol–water partition coefficient (Wildman–Crippen LogP) is 5.93. The van der Waals surface area contributed by atoms with Crippen LogP contribution in [0.25, 0.3) is 22.6 Å². The Balaban J connectivity index is 1.30. The highest BCUT2D eigenvalue weighted by Gasteiger charge is 2.13. The summed E-state index contributed by atoms with van der Waals surface area (Å²) in [7, 11) is 4.13. The molecule has 2 aromatic carbocycles. The lowest BCUT2D eigenvalue weighted by atomic mass is 9.97. The van der Waals surface area contributed by atoms with Crippen LogP contribution in [0.5, 0.6) is 0 Å². The molecular formula is C33H33N5O2. The molecule has 7 heteroatoms. The number of ketones is 1. The first-order valence-corrected chi connectivity index (χ1v) is 13.4. The smallest absolute Gasteiger partial charge is 0.171 e. The number of benzene rings is 2. The molecule has 0 radical (unpaired) electrons. The first-order chi connectivity index (χ1) is 19.4. The molecule has 0 aliphatic carbocycles. The molecular weight excluding hydrogens is 498 g/mol. The van der Waals surface area contributed by atoms with Crippen molar-refractivity contribution in [1.82, 2.24) is 25.0 Å². The van der Waals surface area contributed by atoms with Crippen LogP contribution < -0.4 is 0 Å². The van der Waals surface area contributed by atoms with Crippen molar-refractivity contribution in [3.05, 3.63) is 119 Å². The third kappa shape index (κ3) is 6.55. The van der Waals surface area contributed by atoms with Crippen LogP contribution in [0.2, 0.25) is 0 Å². The SMILES string of the molecule is Cc1ccc(CC(=O)c2ccc(CCN(C)C)cc2)cc1Cc1nccc(-c2cncc(-c3oncc3C)c2)n1. The van der Waals surface area contributed by atoms with Gasteiger partial charge < -0.3 is 9.42 Å². The summed E-state index contributed by atoms with van der Waals surface area (Å²) in [5, 5.41) is 3.88. The van der Waals surface area contributed by atoms with E-state index in [-0.39, 0.29) is 5.78 Å². The molecule has 5 rings (SSSR count). The van der Waals surface area contributed by atoms with Crippen molar-refractivity contribution in [3.8, 4) is 22.6 Å². The van der Waals surface area contributed by atoms with Gasteiger partial charge in [-0.15, -0.1) is 0 Å². The molecule has 3 heterocycles.